The van der Waals surface area contributed by atoms with E-state index in [1.165, 1.54) is 12.1 Å². The second kappa shape index (κ2) is 6.20. The smallest absolute Gasteiger partial charge is 0.241 e. The van der Waals surface area contributed by atoms with E-state index in [1.54, 1.807) is 0 Å². The molecule has 3 N–H and O–H groups in total. The summed E-state index contributed by atoms with van der Waals surface area (Å²) in [5, 5.41) is 0. The van der Waals surface area contributed by atoms with E-state index < -0.39 is 15.8 Å². The van der Waals surface area contributed by atoms with Gasteiger partial charge in [-0.25, -0.2) is 17.5 Å². The number of halogens is 1. The van der Waals surface area contributed by atoms with Crippen LogP contribution >= 0.6 is 0 Å². The topological polar surface area (TPSA) is 72.2 Å². The average Bonchev–Trinajstić information content (AvgIpc) is 2.82. The highest BCUT2D eigenvalue weighted by Gasteiger charge is 2.26. The zero-order valence-electron chi connectivity index (χ0n) is 11.6. The number of hydrogen-bond donors (Lipinski definition) is 2. The van der Waals surface area contributed by atoms with Crippen LogP contribution in [0, 0.1) is 17.7 Å². The summed E-state index contributed by atoms with van der Waals surface area (Å²) in [6, 6.07) is 3.67. The molecule has 4 nitrogen and oxygen atoms in total. The zero-order chi connectivity index (χ0) is 14.8. The molecule has 1 fully saturated rings. The fraction of sp³-hybridized carbons (Fsp3) is 0.571. The van der Waals surface area contributed by atoms with Gasteiger partial charge in [0, 0.05) is 13.1 Å². The van der Waals surface area contributed by atoms with Crippen LogP contribution in [-0.2, 0) is 16.6 Å². The van der Waals surface area contributed by atoms with Gasteiger partial charge >= 0.3 is 0 Å². The summed E-state index contributed by atoms with van der Waals surface area (Å²) < 4.78 is 40.5. The molecule has 0 radical (unpaired) electrons. The fourth-order valence-electron chi connectivity index (χ4n) is 2.77. The van der Waals surface area contributed by atoms with Crippen molar-refractivity contribution < 1.29 is 12.8 Å². The third kappa shape index (κ3) is 3.37. The molecule has 1 aromatic rings. The van der Waals surface area contributed by atoms with Gasteiger partial charge < -0.3 is 5.73 Å². The highest BCUT2D eigenvalue weighted by atomic mass is 32.2. The molecule has 1 aliphatic rings. The van der Waals surface area contributed by atoms with Crippen molar-refractivity contribution in [1.82, 2.24) is 4.72 Å². The fourth-order valence-corrected chi connectivity index (χ4v) is 4.12. The van der Waals surface area contributed by atoms with Crippen LogP contribution in [0.15, 0.2) is 23.1 Å². The number of benzene rings is 1. The van der Waals surface area contributed by atoms with Crippen LogP contribution in [0.4, 0.5) is 4.39 Å². The first kappa shape index (κ1) is 15.4. The summed E-state index contributed by atoms with van der Waals surface area (Å²) in [6.07, 6.45) is 3.32. The predicted molar refractivity (Wildman–Crippen MR) is 76.0 cm³/mol. The van der Waals surface area contributed by atoms with Gasteiger partial charge in [-0.15, -0.1) is 0 Å². The molecule has 0 bridgehead atoms. The summed E-state index contributed by atoms with van der Waals surface area (Å²) in [5.41, 5.74) is 5.95. The van der Waals surface area contributed by atoms with Crippen molar-refractivity contribution in [2.75, 3.05) is 6.54 Å². The lowest BCUT2D eigenvalue weighted by Crippen LogP contribution is -2.31. The van der Waals surface area contributed by atoms with Gasteiger partial charge in [-0.3, -0.25) is 0 Å². The van der Waals surface area contributed by atoms with Crippen molar-refractivity contribution in [3.05, 3.63) is 29.6 Å². The molecule has 0 aromatic heterocycles. The average molecular weight is 300 g/mol. The molecule has 112 valence electrons. The Labute approximate surface area is 119 Å². The van der Waals surface area contributed by atoms with Crippen LogP contribution in [0.5, 0.6) is 0 Å². The monoisotopic (exact) mass is 300 g/mol. The Balaban J connectivity index is 2.15. The lowest BCUT2D eigenvalue weighted by atomic mass is 9.99. The van der Waals surface area contributed by atoms with Crippen LogP contribution in [0.2, 0.25) is 0 Å². The minimum absolute atomic E-state index is 0.0503. The second-order valence-electron chi connectivity index (χ2n) is 5.48. The quantitative estimate of drug-likeness (QED) is 0.873. The van der Waals surface area contributed by atoms with Gasteiger partial charge in [0.2, 0.25) is 10.0 Å². The molecule has 0 saturated heterocycles. The van der Waals surface area contributed by atoms with E-state index in [1.807, 2.05) is 0 Å². The third-order valence-electron chi connectivity index (χ3n) is 4.11. The first-order valence-electron chi connectivity index (χ1n) is 6.92. The lowest BCUT2D eigenvalue weighted by molar-refractivity contribution is 0.414. The van der Waals surface area contributed by atoms with Crippen LogP contribution in [0.1, 0.15) is 31.7 Å². The lowest BCUT2D eigenvalue weighted by Gasteiger charge is -2.17. The van der Waals surface area contributed by atoms with E-state index in [0.717, 1.165) is 25.3 Å². The molecule has 0 amide bonds. The largest absolute Gasteiger partial charge is 0.326 e. The van der Waals surface area contributed by atoms with Crippen molar-refractivity contribution in [3.8, 4) is 0 Å². The van der Waals surface area contributed by atoms with E-state index in [-0.39, 0.29) is 11.4 Å². The van der Waals surface area contributed by atoms with Crippen molar-refractivity contribution in [1.29, 1.82) is 0 Å². The van der Waals surface area contributed by atoms with Crippen LogP contribution < -0.4 is 10.5 Å². The van der Waals surface area contributed by atoms with Crippen molar-refractivity contribution >= 4 is 10.0 Å². The normalized spacial score (nSPS) is 23.1. The van der Waals surface area contributed by atoms with Crippen molar-refractivity contribution in [2.45, 2.75) is 37.6 Å². The third-order valence-corrected chi connectivity index (χ3v) is 5.62. The summed E-state index contributed by atoms with van der Waals surface area (Å²) in [5.74, 6) is 0.315. The summed E-state index contributed by atoms with van der Waals surface area (Å²) in [6.45, 7) is 2.61. The number of sulfonamides is 1. The minimum Gasteiger partial charge on any atom is -0.326 e. The van der Waals surface area contributed by atoms with Crippen LogP contribution in [-0.4, -0.2) is 15.0 Å². The maximum Gasteiger partial charge on any atom is 0.241 e. The van der Waals surface area contributed by atoms with Crippen molar-refractivity contribution in [2.24, 2.45) is 17.6 Å². The first-order valence-corrected chi connectivity index (χ1v) is 8.40. The minimum atomic E-state index is -3.71. The Morgan fingerprint density at radius 1 is 1.40 bits per heavy atom. The highest BCUT2D eigenvalue weighted by Crippen LogP contribution is 2.30. The Bertz CT molecular complexity index is 575. The van der Waals surface area contributed by atoms with E-state index in [2.05, 4.69) is 11.6 Å². The zero-order valence-corrected chi connectivity index (χ0v) is 12.4. The number of nitrogens with two attached hydrogens (primary N) is 1. The molecule has 1 aliphatic carbocycles. The molecular weight excluding hydrogens is 279 g/mol. The van der Waals surface area contributed by atoms with Gasteiger partial charge in [-0.2, -0.15) is 0 Å². The Morgan fingerprint density at radius 3 is 2.75 bits per heavy atom. The maximum absolute atomic E-state index is 13.3. The van der Waals surface area contributed by atoms with E-state index in [9.17, 15) is 12.8 Å². The summed E-state index contributed by atoms with van der Waals surface area (Å²) in [4.78, 5) is -0.0503. The molecule has 2 atom stereocenters. The van der Waals surface area contributed by atoms with Gasteiger partial charge in [0.05, 0.1) is 4.90 Å². The van der Waals surface area contributed by atoms with Gasteiger partial charge in [0.15, 0.2) is 0 Å². The Morgan fingerprint density at radius 2 is 2.15 bits per heavy atom. The molecule has 1 aromatic carbocycles. The first-order chi connectivity index (χ1) is 9.44. The van der Waals surface area contributed by atoms with E-state index in [4.69, 9.17) is 5.73 Å². The molecule has 0 heterocycles. The second-order valence-corrected chi connectivity index (χ2v) is 7.21. The molecule has 1 saturated carbocycles. The number of rotatable bonds is 5. The van der Waals surface area contributed by atoms with E-state index >= 15 is 0 Å². The highest BCUT2D eigenvalue weighted by molar-refractivity contribution is 7.89. The van der Waals surface area contributed by atoms with E-state index in [0.29, 0.717) is 23.9 Å². The molecular formula is C14H21FN2O2S. The SMILES string of the molecule is CC1CCCC1CNS(=O)(=O)c1cc(F)ccc1CN. The Hall–Kier alpha value is -0.980. The van der Waals surface area contributed by atoms with Crippen molar-refractivity contribution in [3.63, 3.8) is 0 Å². The predicted octanol–water partition coefficient (Wildman–Crippen LogP) is 2.00. The molecule has 2 unspecified atom stereocenters. The van der Waals surface area contributed by atoms with Gasteiger partial charge in [-0.1, -0.05) is 25.8 Å². The molecule has 2 rings (SSSR count). The van der Waals surface area contributed by atoms with Gasteiger partial charge in [-0.05, 0) is 36.0 Å². The maximum atomic E-state index is 13.3. The van der Waals surface area contributed by atoms with Gasteiger partial charge in [0.25, 0.3) is 0 Å². The van der Waals surface area contributed by atoms with Gasteiger partial charge in [0.1, 0.15) is 5.82 Å². The van der Waals surface area contributed by atoms with Crippen LogP contribution in [0.3, 0.4) is 0 Å². The molecule has 6 heteroatoms. The standard InChI is InChI=1S/C14H21FN2O2S/c1-10-3-2-4-12(10)9-17-20(18,19)14-7-13(15)6-5-11(14)8-16/h5-7,10,12,17H,2-4,8-9,16H2,1H3. The Kier molecular flexibility index (Phi) is 4.78. The number of hydrogen-bond acceptors (Lipinski definition) is 3. The molecule has 0 spiro atoms. The summed E-state index contributed by atoms with van der Waals surface area (Å²) in [7, 11) is -3.71. The summed E-state index contributed by atoms with van der Waals surface area (Å²) >= 11 is 0. The number of nitrogens with one attached hydrogen (secondary N) is 1. The molecule has 20 heavy (non-hydrogen) atoms. The molecule has 0 aliphatic heterocycles. The van der Waals surface area contributed by atoms with Crippen LogP contribution in [0.25, 0.3) is 0 Å².